The highest BCUT2D eigenvalue weighted by Crippen LogP contribution is 2.25. The van der Waals surface area contributed by atoms with Gasteiger partial charge in [-0.1, -0.05) is 24.6 Å². The topological polar surface area (TPSA) is 55.9 Å². The smallest absolute Gasteiger partial charge is 0.151 e. The van der Waals surface area contributed by atoms with Crippen LogP contribution in [0.1, 0.15) is 42.8 Å². The Morgan fingerprint density at radius 3 is 2.73 bits per heavy atom. The van der Waals surface area contributed by atoms with Crippen LogP contribution in [0.3, 0.4) is 0 Å². The first-order valence-corrected chi connectivity index (χ1v) is 8.62. The molecule has 0 aliphatic carbocycles. The minimum Gasteiger partial charge on any atom is -0.359 e. The zero-order valence-corrected chi connectivity index (χ0v) is 15.1. The summed E-state index contributed by atoms with van der Waals surface area (Å²) in [6.45, 7) is 4.38. The average molecular weight is 360 g/mol. The van der Waals surface area contributed by atoms with Gasteiger partial charge in [0.05, 0.1) is 12.7 Å². The van der Waals surface area contributed by atoms with Crippen molar-refractivity contribution in [1.82, 2.24) is 20.3 Å². The molecule has 0 amide bonds. The molecule has 2 heterocycles. The lowest BCUT2D eigenvalue weighted by atomic mass is 10.0. The van der Waals surface area contributed by atoms with Gasteiger partial charge in [0.1, 0.15) is 17.3 Å². The van der Waals surface area contributed by atoms with E-state index in [1.807, 2.05) is 27.0 Å². The molecule has 1 aromatic carbocycles. The van der Waals surface area contributed by atoms with Crippen LogP contribution in [0.25, 0.3) is 11.3 Å². The molecular formula is C19H22F2N4O. The molecule has 1 unspecified atom stereocenters. The minimum atomic E-state index is -0.576. The Morgan fingerprint density at radius 2 is 2.08 bits per heavy atom. The Balaban J connectivity index is 1.73. The van der Waals surface area contributed by atoms with Crippen molar-refractivity contribution in [3.05, 3.63) is 59.1 Å². The van der Waals surface area contributed by atoms with Crippen molar-refractivity contribution in [3.8, 4) is 11.3 Å². The number of hydrogen-bond acceptors (Lipinski definition) is 4. The second-order valence-corrected chi connectivity index (χ2v) is 6.33. The third kappa shape index (κ3) is 3.83. The lowest BCUT2D eigenvalue weighted by Crippen LogP contribution is -2.21. The summed E-state index contributed by atoms with van der Waals surface area (Å²) in [5, 5.41) is 11.6. The number of hydrogen-bond donors (Lipinski definition) is 1. The molecule has 0 fully saturated rings. The molecule has 138 valence electrons. The van der Waals surface area contributed by atoms with Crippen molar-refractivity contribution in [2.75, 3.05) is 0 Å². The van der Waals surface area contributed by atoms with Crippen LogP contribution in [0, 0.1) is 18.6 Å². The average Bonchev–Trinajstić information content (AvgIpc) is 3.19. The standard InChI is InChI=1S/C19H22F2N4O/c1-4-5-18(15-7-6-13(20)8-17(15)21)22-10-14-9-19(24-26-14)16-11-23-25(3)12(16)2/h6-9,11,18,22H,4-5,10H2,1-3H3. The molecule has 26 heavy (non-hydrogen) atoms. The predicted molar refractivity (Wildman–Crippen MR) is 94.3 cm³/mol. The lowest BCUT2D eigenvalue weighted by Gasteiger charge is -2.18. The summed E-state index contributed by atoms with van der Waals surface area (Å²) in [5.41, 5.74) is 3.08. The second kappa shape index (κ2) is 7.78. The summed E-state index contributed by atoms with van der Waals surface area (Å²) in [6.07, 6.45) is 3.34. The van der Waals surface area contributed by atoms with Gasteiger partial charge in [-0.05, 0) is 19.4 Å². The van der Waals surface area contributed by atoms with Crippen molar-refractivity contribution in [2.45, 2.75) is 39.3 Å². The van der Waals surface area contributed by atoms with Crippen LogP contribution in [0.2, 0.25) is 0 Å². The van der Waals surface area contributed by atoms with Crippen LogP contribution < -0.4 is 5.32 Å². The molecule has 3 rings (SSSR count). The number of benzene rings is 1. The SMILES string of the molecule is CCCC(NCc1cc(-c2cnn(C)c2C)no1)c1ccc(F)cc1F. The molecule has 7 heteroatoms. The van der Waals surface area contributed by atoms with Gasteiger partial charge in [-0.25, -0.2) is 8.78 Å². The zero-order chi connectivity index (χ0) is 18.7. The summed E-state index contributed by atoms with van der Waals surface area (Å²) < 4.78 is 34.4. The fraction of sp³-hybridized carbons (Fsp3) is 0.368. The number of rotatable bonds is 7. The van der Waals surface area contributed by atoms with Gasteiger partial charge in [0.2, 0.25) is 0 Å². The maximum absolute atomic E-state index is 14.1. The molecule has 0 radical (unpaired) electrons. The third-order valence-electron chi connectivity index (χ3n) is 4.51. The Kier molecular flexibility index (Phi) is 5.46. The largest absolute Gasteiger partial charge is 0.359 e. The number of halogens is 2. The minimum absolute atomic E-state index is 0.228. The first-order chi connectivity index (χ1) is 12.5. The van der Waals surface area contributed by atoms with Gasteiger partial charge in [-0.2, -0.15) is 5.10 Å². The molecule has 0 bridgehead atoms. The quantitative estimate of drug-likeness (QED) is 0.683. The van der Waals surface area contributed by atoms with Gasteiger partial charge in [0.15, 0.2) is 5.76 Å². The van der Waals surface area contributed by atoms with E-state index >= 15 is 0 Å². The molecule has 1 N–H and O–H groups in total. The van der Waals surface area contributed by atoms with Gasteiger partial charge >= 0.3 is 0 Å². The molecule has 0 aliphatic rings. The predicted octanol–water partition coefficient (Wildman–Crippen LogP) is 4.29. The van der Waals surface area contributed by atoms with Crippen molar-refractivity contribution >= 4 is 0 Å². The molecule has 0 spiro atoms. The fourth-order valence-electron chi connectivity index (χ4n) is 2.94. The maximum Gasteiger partial charge on any atom is 0.151 e. The fourth-order valence-corrected chi connectivity index (χ4v) is 2.94. The molecule has 2 aromatic heterocycles. The van der Waals surface area contributed by atoms with Gasteiger partial charge in [-0.15, -0.1) is 0 Å². The van der Waals surface area contributed by atoms with Gasteiger partial charge in [0.25, 0.3) is 0 Å². The number of nitrogens with zero attached hydrogens (tertiary/aromatic N) is 3. The van der Waals surface area contributed by atoms with Crippen molar-refractivity contribution in [1.29, 1.82) is 0 Å². The number of nitrogens with one attached hydrogen (secondary N) is 1. The summed E-state index contributed by atoms with van der Waals surface area (Å²) in [7, 11) is 1.87. The van der Waals surface area contributed by atoms with E-state index in [4.69, 9.17) is 4.52 Å². The van der Waals surface area contributed by atoms with Crippen molar-refractivity contribution < 1.29 is 13.3 Å². The van der Waals surface area contributed by atoms with E-state index in [-0.39, 0.29) is 6.04 Å². The van der Waals surface area contributed by atoms with Crippen molar-refractivity contribution in [2.24, 2.45) is 7.05 Å². The van der Waals surface area contributed by atoms with E-state index < -0.39 is 11.6 Å². The highest BCUT2D eigenvalue weighted by atomic mass is 19.1. The number of aryl methyl sites for hydroxylation is 1. The van der Waals surface area contributed by atoms with Crippen molar-refractivity contribution in [3.63, 3.8) is 0 Å². The first-order valence-electron chi connectivity index (χ1n) is 8.62. The Morgan fingerprint density at radius 1 is 1.27 bits per heavy atom. The molecule has 5 nitrogen and oxygen atoms in total. The third-order valence-corrected chi connectivity index (χ3v) is 4.51. The molecule has 0 saturated heterocycles. The Labute approximate surface area is 151 Å². The van der Waals surface area contributed by atoms with Gasteiger partial charge in [-0.3, -0.25) is 4.68 Å². The van der Waals surface area contributed by atoms with Crippen LogP contribution in [0.4, 0.5) is 8.78 Å². The number of aromatic nitrogens is 3. The molecule has 0 saturated carbocycles. The van der Waals surface area contributed by atoms with Gasteiger partial charge in [0, 0.05) is 42.0 Å². The van der Waals surface area contributed by atoms with Gasteiger partial charge < -0.3 is 9.84 Å². The molecule has 0 aliphatic heterocycles. The van der Waals surface area contributed by atoms with E-state index in [0.29, 0.717) is 23.6 Å². The maximum atomic E-state index is 14.1. The van der Waals surface area contributed by atoms with E-state index in [1.54, 1.807) is 10.9 Å². The Hall–Kier alpha value is -2.54. The summed E-state index contributed by atoms with van der Waals surface area (Å²) >= 11 is 0. The van der Waals surface area contributed by atoms with E-state index in [2.05, 4.69) is 15.6 Å². The lowest BCUT2D eigenvalue weighted by molar-refractivity contribution is 0.358. The normalized spacial score (nSPS) is 12.5. The van der Waals surface area contributed by atoms with E-state index in [1.165, 1.54) is 12.1 Å². The molecule has 3 aromatic rings. The summed E-state index contributed by atoms with van der Waals surface area (Å²) in [4.78, 5) is 0. The summed E-state index contributed by atoms with van der Waals surface area (Å²) in [6, 6.07) is 5.30. The second-order valence-electron chi connectivity index (χ2n) is 6.33. The zero-order valence-electron chi connectivity index (χ0n) is 15.1. The molecule has 1 atom stereocenters. The van der Waals surface area contributed by atoms with Crippen LogP contribution in [0.15, 0.2) is 35.0 Å². The Bertz CT molecular complexity index is 888. The highest BCUT2D eigenvalue weighted by Gasteiger charge is 2.17. The van der Waals surface area contributed by atoms with E-state index in [9.17, 15) is 8.78 Å². The first kappa shape index (κ1) is 18.3. The van der Waals surface area contributed by atoms with E-state index in [0.717, 1.165) is 30.2 Å². The van der Waals surface area contributed by atoms with Crippen LogP contribution in [-0.4, -0.2) is 14.9 Å². The van der Waals surface area contributed by atoms with Crippen LogP contribution in [-0.2, 0) is 13.6 Å². The highest BCUT2D eigenvalue weighted by molar-refractivity contribution is 5.60. The van der Waals surface area contributed by atoms with Crippen LogP contribution >= 0.6 is 0 Å². The van der Waals surface area contributed by atoms with Crippen LogP contribution in [0.5, 0.6) is 0 Å². The monoisotopic (exact) mass is 360 g/mol. The summed E-state index contributed by atoms with van der Waals surface area (Å²) in [5.74, 6) is -0.472. The molecular weight excluding hydrogens is 338 g/mol.